The van der Waals surface area contributed by atoms with E-state index in [9.17, 15) is 10.1 Å². The largest absolute Gasteiger partial charge is 0.489 e. The third-order valence-electron chi connectivity index (χ3n) is 8.49. The van der Waals surface area contributed by atoms with Crippen LogP contribution in [0.4, 0.5) is 11.4 Å². The molecule has 1 saturated carbocycles. The molecule has 1 fully saturated rings. The van der Waals surface area contributed by atoms with E-state index in [4.69, 9.17) is 21.1 Å². The van der Waals surface area contributed by atoms with E-state index in [0.717, 1.165) is 28.2 Å². The first kappa shape index (κ1) is 30.1. The van der Waals surface area contributed by atoms with Crippen molar-refractivity contribution in [3.63, 3.8) is 0 Å². The highest BCUT2D eigenvalue weighted by Crippen LogP contribution is 2.37. The number of nitrogens with two attached hydrogens (primary N) is 2. The van der Waals surface area contributed by atoms with E-state index in [1.807, 2.05) is 60.7 Å². The minimum Gasteiger partial charge on any atom is -0.489 e. The number of anilines is 2. The topological polar surface area (TPSA) is 108 Å². The number of carbonyl (C=O) groups excluding carboxylic acids is 1. The first-order valence-corrected chi connectivity index (χ1v) is 15.0. The lowest BCUT2D eigenvalue weighted by molar-refractivity contribution is -0.270. The van der Waals surface area contributed by atoms with Crippen LogP contribution in [0.3, 0.4) is 0 Å². The molecule has 1 unspecified atom stereocenters. The molecule has 0 spiro atoms. The Hall–Kier alpha value is -4.39. The molecular formula is C37H40N2O4. The van der Waals surface area contributed by atoms with E-state index in [1.54, 1.807) is 30.4 Å². The van der Waals surface area contributed by atoms with Crippen LogP contribution in [-0.2, 0) is 11.5 Å². The number of hydrogen-bond acceptors (Lipinski definition) is 6. The zero-order chi connectivity index (χ0) is 30.2. The molecule has 1 aliphatic rings. The number of ketones is 1. The number of carbonyl (C=O) groups is 1. The molecule has 4 aromatic rings. The van der Waals surface area contributed by atoms with Crippen LogP contribution in [0.1, 0.15) is 89.2 Å². The highest BCUT2D eigenvalue weighted by molar-refractivity contribution is 6.06. The van der Waals surface area contributed by atoms with Gasteiger partial charge in [0, 0.05) is 16.9 Å². The van der Waals surface area contributed by atoms with Gasteiger partial charge in [-0.3, -0.25) is 10.1 Å². The van der Waals surface area contributed by atoms with Crippen LogP contribution in [0.15, 0.2) is 97.1 Å². The van der Waals surface area contributed by atoms with Gasteiger partial charge >= 0.3 is 0 Å². The second-order valence-corrected chi connectivity index (χ2v) is 11.5. The second kappa shape index (κ2) is 14.2. The van der Waals surface area contributed by atoms with Gasteiger partial charge in [0.25, 0.3) is 0 Å². The van der Waals surface area contributed by atoms with Gasteiger partial charge in [0.05, 0.1) is 0 Å². The van der Waals surface area contributed by atoms with Gasteiger partial charge in [-0.15, -0.1) is 0 Å². The van der Waals surface area contributed by atoms with Crippen LogP contribution in [0.2, 0.25) is 0 Å². The number of nitrogen functional groups attached to an aromatic ring is 2. The van der Waals surface area contributed by atoms with Gasteiger partial charge in [-0.1, -0.05) is 80.1 Å². The Labute approximate surface area is 253 Å². The van der Waals surface area contributed by atoms with E-state index in [-0.39, 0.29) is 5.78 Å². The van der Waals surface area contributed by atoms with Crippen molar-refractivity contribution < 1.29 is 19.7 Å². The molecule has 0 saturated heterocycles. The lowest BCUT2D eigenvalue weighted by Gasteiger charge is -2.28. The minimum atomic E-state index is -0.623. The Morgan fingerprint density at radius 1 is 0.860 bits per heavy atom. The molecule has 43 heavy (non-hydrogen) atoms. The zero-order valence-corrected chi connectivity index (χ0v) is 24.6. The molecule has 5 N–H and O–H groups in total. The lowest BCUT2D eigenvalue weighted by atomic mass is 9.77. The fourth-order valence-electron chi connectivity index (χ4n) is 5.92. The molecule has 0 bridgehead atoms. The summed E-state index contributed by atoms with van der Waals surface area (Å²) >= 11 is 0. The average molecular weight is 577 g/mol. The molecular weight excluding hydrogens is 536 g/mol. The molecule has 0 aromatic heterocycles. The number of rotatable bonds is 11. The molecule has 222 valence electrons. The van der Waals surface area contributed by atoms with Crippen molar-refractivity contribution in [1.29, 1.82) is 0 Å². The van der Waals surface area contributed by atoms with E-state index in [1.165, 1.54) is 37.7 Å². The summed E-state index contributed by atoms with van der Waals surface area (Å²) in [7, 11) is 0. The molecule has 4 aromatic carbocycles. The first-order chi connectivity index (χ1) is 20.9. The fourth-order valence-corrected chi connectivity index (χ4v) is 5.92. The van der Waals surface area contributed by atoms with Crippen molar-refractivity contribution >= 4 is 23.2 Å². The summed E-state index contributed by atoms with van der Waals surface area (Å²) in [4.78, 5) is 17.7. The summed E-state index contributed by atoms with van der Waals surface area (Å²) in [6.45, 7) is 2.64. The SMILES string of the molecule is CCC1CCC(c2ccc(C(OO)c3ccc(C(=O)/C=C/c4ccc(OCc5cc(N)cc(N)c5)cc4)cc3)cc2)CC1. The Morgan fingerprint density at radius 2 is 1.47 bits per heavy atom. The van der Waals surface area contributed by atoms with Gasteiger partial charge < -0.3 is 16.2 Å². The molecule has 1 aliphatic carbocycles. The number of ether oxygens (including phenoxy) is 1. The van der Waals surface area contributed by atoms with Crippen molar-refractivity contribution in [3.05, 3.63) is 130 Å². The Kier molecular flexibility index (Phi) is 9.92. The predicted octanol–water partition coefficient (Wildman–Crippen LogP) is 8.59. The van der Waals surface area contributed by atoms with Crippen LogP contribution in [0.25, 0.3) is 6.08 Å². The molecule has 0 amide bonds. The Bertz CT molecular complexity index is 1500. The van der Waals surface area contributed by atoms with Gasteiger partial charge in [0.15, 0.2) is 5.78 Å². The lowest BCUT2D eigenvalue weighted by Crippen LogP contribution is -2.12. The summed E-state index contributed by atoms with van der Waals surface area (Å²) in [5.41, 5.74) is 18.2. The molecule has 6 heteroatoms. The summed E-state index contributed by atoms with van der Waals surface area (Å²) in [6, 6.07) is 28.4. The molecule has 1 atom stereocenters. The van der Waals surface area contributed by atoms with E-state index in [2.05, 4.69) is 19.1 Å². The monoisotopic (exact) mass is 576 g/mol. The van der Waals surface area contributed by atoms with Gasteiger partial charge in [-0.25, -0.2) is 4.89 Å². The normalized spacial score (nSPS) is 17.5. The smallest absolute Gasteiger partial charge is 0.185 e. The maximum atomic E-state index is 12.8. The standard InChI is InChI=1S/C37H40N2O4/c1-2-25-3-8-28(9-4-25)29-10-14-31(15-11-29)37(43-41)32-16-12-30(13-17-32)36(40)20-7-26-5-18-35(19-6-26)42-24-27-21-33(38)23-34(39)22-27/h5-7,10-23,25,28,37,41H,2-4,8-9,24,38-39H2,1H3/b20-7+. The van der Waals surface area contributed by atoms with Crippen LogP contribution in [0.5, 0.6) is 5.75 Å². The zero-order valence-electron chi connectivity index (χ0n) is 24.6. The third kappa shape index (κ3) is 7.92. The number of hydrogen-bond donors (Lipinski definition) is 3. The van der Waals surface area contributed by atoms with Gasteiger partial charge in [0.2, 0.25) is 0 Å². The summed E-state index contributed by atoms with van der Waals surface area (Å²) in [6.07, 6.45) is 9.05. The van der Waals surface area contributed by atoms with Crippen LogP contribution >= 0.6 is 0 Å². The van der Waals surface area contributed by atoms with Crippen molar-refractivity contribution in [2.75, 3.05) is 11.5 Å². The van der Waals surface area contributed by atoms with Crippen molar-refractivity contribution in [2.45, 2.75) is 57.7 Å². The van der Waals surface area contributed by atoms with Crippen molar-refractivity contribution in [1.82, 2.24) is 0 Å². The molecule has 5 rings (SSSR count). The van der Waals surface area contributed by atoms with E-state index >= 15 is 0 Å². The number of benzene rings is 4. The van der Waals surface area contributed by atoms with E-state index in [0.29, 0.717) is 35.2 Å². The number of allylic oxidation sites excluding steroid dienone is 1. The molecule has 6 nitrogen and oxygen atoms in total. The molecule has 0 heterocycles. The highest BCUT2D eigenvalue weighted by Gasteiger charge is 2.22. The van der Waals surface area contributed by atoms with Gasteiger partial charge in [-0.05, 0) is 102 Å². The first-order valence-electron chi connectivity index (χ1n) is 15.0. The van der Waals surface area contributed by atoms with Gasteiger partial charge in [0.1, 0.15) is 18.5 Å². The Balaban J connectivity index is 1.16. The minimum absolute atomic E-state index is 0.116. The quantitative estimate of drug-likeness (QED) is 0.0542. The van der Waals surface area contributed by atoms with Gasteiger partial charge in [-0.2, -0.15) is 0 Å². The predicted molar refractivity (Wildman–Crippen MR) is 173 cm³/mol. The summed E-state index contributed by atoms with van der Waals surface area (Å²) < 4.78 is 5.83. The second-order valence-electron chi connectivity index (χ2n) is 11.5. The molecule has 0 radical (unpaired) electrons. The van der Waals surface area contributed by atoms with Crippen molar-refractivity contribution in [2.24, 2.45) is 5.92 Å². The van der Waals surface area contributed by atoms with E-state index < -0.39 is 6.10 Å². The van der Waals surface area contributed by atoms with Crippen LogP contribution < -0.4 is 16.2 Å². The van der Waals surface area contributed by atoms with Crippen molar-refractivity contribution in [3.8, 4) is 5.75 Å². The van der Waals surface area contributed by atoms with Crippen LogP contribution in [0, 0.1) is 5.92 Å². The molecule has 0 aliphatic heterocycles. The van der Waals surface area contributed by atoms with Crippen LogP contribution in [-0.4, -0.2) is 11.0 Å². The maximum Gasteiger partial charge on any atom is 0.185 e. The third-order valence-corrected chi connectivity index (χ3v) is 8.49. The average Bonchev–Trinajstić information content (AvgIpc) is 3.04. The maximum absolute atomic E-state index is 12.8. The summed E-state index contributed by atoms with van der Waals surface area (Å²) in [5.74, 6) is 2.06. The fraction of sp³-hybridized carbons (Fsp3) is 0.270. The Morgan fingerprint density at radius 3 is 2.05 bits per heavy atom. The highest BCUT2D eigenvalue weighted by atomic mass is 17.1. The summed E-state index contributed by atoms with van der Waals surface area (Å²) in [5, 5.41) is 9.73.